The van der Waals surface area contributed by atoms with Crippen LogP contribution in [-0.4, -0.2) is 15.8 Å². The highest BCUT2D eigenvalue weighted by Gasteiger charge is 2.14. The van der Waals surface area contributed by atoms with Gasteiger partial charge in [0.15, 0.2) is 0 Å². The van der Waals surface area contributed by atoms with E-state index < -0.39 is 0 Å². The number of ketones is 1. The first-order valence-electron chi connectivity index (χ1n) is 3.55. The van der Waals surface area contributed by atoms with Crippen LogP contribution in [0.25, 0.3) is 0 Å². The van der Waals surface area contributed by atoms with Gasteiger partial charge in [-0.25, -0.2) is 4.98 Å². The van der Waals surface area contributed by atoms with Crippen molar-refractivity contribution in [2.45, 2.75) is 0 Å². The molecule has 0 saturated heterocycles. The Morgan fingerprint density at radius 2 is 2.46 bits per heavy atom. The largest absolute Gasteiger partial charge is 0.367 e. The van der Waals surface area contributed by atoms with E-state index in [9.17, 15) is 4.79 Å². The molecule has 0 radical (unpaired) electrons. The number of carbonyl (C=O) groups is 1. The van der Waals surface area contributed by atoms with Gasteiger partial charge in [-0.15, -0.1) is 11.3 Å². The Morgan fingerprint density at radius 1 is 1.62 bits per heavy atom. The third-order valence-electron chi connectivity index (χ3n) is 1.60. The van der Waals surface area contributed by atoms with Gasteiger partial charge in [0.2, 0.25) is 5.78 Å². The molecule has 0 spiro atoms. The predicted octanol–water partition coefficient (Wildman–Crippen LogP) is 2.46. The number of aromatic amines is 1. The van der Waals surface area contributed by atoms with Crippen molar-refractivity contribution in [1.29, 1.82) is 0 Å². The van der Waals surface area contributed by atoms with E-state index in [1.807, 2.05) is 0 Å². The lowest BCUT2D eigenvalue weighted by atomic mass is 10.2. The molecule has 0 atom stereocenters. The lowest BCUT2D eigenvalue weighted by molar-refractivity contribution is 0.103. The zero-order chi connectivity index (χ0) is 9.26. The van der Waals surface area contributed by atoms with Gasteiger partial charge < -0.3 is 4.98 Å². The molecule has 0 aromatic carbocycles. The molecule has 2 rings (SSSR count). The van der Waals surface area contributed by atoms with Crippen LogP contribution in [0.3, 0.4) is 0 Å². The second-order valence-electron chi connectivity index (χ2n) is 2.40. The highest BCUT2D eigenvalue weighted by Crippen LogP contribution is 2.22. The Balaban J connectivity index is 2.39. The lowest BCUT2D eigenvalue weighted by Crippen LogP contribution is -2.00. The van der Waals surface area contributed by atoms with E-state index in [1.54, 1.807) is 24.0 Å². The monoisotopic (exact) mass is 256 g/mol. The normalized spacial score (nSPS) is 10.2. The molecule has 66 valence electrons. The van der Waals surface area contributed by atoms with Crippen LogP contribution in [0.4, 0.5) is 0 Å². The SMILES string of the molecule is O=C(c1cc[nH]c1)c1ncsc1Br. The average Bonchev–Trinajstić information content (AvgIpc) is 2.72. The van der Waals surface area contributed by atoms with Gasteiger partial charge in [-0.05, 0) is 22.0 Å². The van der Waals surface area contributed by atoms with Crippen LogP contribution in [0, 0.1) is 0 Å². The number of aromatic nitrogens is 2. The zero-order valence-electron chi connectivity index (χ0n) is 6.45. The second kappa shape index (κ2) is 3.43. The van der Waals surface area contributed by atoms with Crippen molar-refractivity contribution < 1.29 is 4.79 Å². The molecule has 0 aliphatic carbocycles. The van der Waals surface area contributed by atoms with Crippen molar-refractivity contribution in [3.63, 3.8) is 0 Å². The maximum absolute atomic E-state index is 11.7. The van der Waals surface area contributed by atoms with Crippen LogP contribution in [-0.2, 0) is 0 Å². The highest BCUT2D eigenvalue weighted by molar-refractivity contribution is 9.11. The lowest BCUT2D eigenvalue weighted by Gasteiger charge is -1.92. The van der Waals surface area contributed by atoms with Gasteiger partial charge in [-0.2, -0.15) is 0 Å². The molecule has 0 aliphatic rings. The van der Waals surface area contributed by atoms with Gasteiger partial charge in [0.1, 0.15) is 9.48 Å². The smallest absolute Gasteiger partial charge is 0.214 e. The summed E-state index contributed by atoms with van der Waals surface area (Å²) >= 11 is 4.68. The van der Waals surface area contributed by atoms with Crippen molar-refractivity contribution in [1.82, 2.24) is 9.97 Å². The van der Waals surface area contributed by atoms with Crippen LogP contribution in [0.1, 0.15) is 16.1 Å². The van der Waals surface area contributed by atoms with Gasteiger partial charge in [0, 0.05) is 18.0 Å². The number of rotatable bonds is 2. The van der Waals surface area contributed by atoms with E-state index in [2.05, 4.69) is 25.9 Å². The van der Waals surface area contributed by atoms with Crippen molar-refractivity contribution in [3.8, 4) is 0 Å². The predicted molar refractivity (Wildman–Crippen MR) is 54.0 cm³/mol. The zero-order valence-corrected chi connectivity index (χ0v) is 8.85. The van der Waals surface area contributed by atoms with E-state index in [0.717, 1.165) is 3.79 Å². The van der Waals surface area contributed by atoms with Crippen LogP contribution in [0.2, 0.25) is 0 Å². The van der Waals surface area contributed by atoms with Crippen LogP contribution in [0.15, 0.2) is 27.8 Å². The summed E-state index contributed by atoms with van der Waals surface area (Å²) in [5, 5.41) is 0. The molecule has 0 unspecified atom stereocenters. The molecule has 2 heterocycles. The third kappa shape index (κ3) is 1.57. The Kier molecular flexibility index (Phi) is 2.28. The fourth-order valence-electron chi connectivity index (χ4n) is 0.982. The van der Waals surface area contributed by atoms with Crippen LogP contribution < -0.4 is 0 Å². The molecule has 3 nitrogen and oxygen atoms in total. The number of carbonyl (C=O) groups excluding carboxylic acids is 1. The van der Waals surface area contributed by atoms with Crippen LogP contribution >= 0.6 is 27.3 Å². The number of halogens is 1. The van der Waals surface area contributed by atoms with Gasteiger partial charge in [-0.1, -0.05) is 0 Å². The number of hydrogen-bond acceptors (Lipinski definition) is 3. The Morgan fingerprint density at radius 3 is 3.00 bits per heavy atom. The average molecular weight is 257 g/mol. The van der Waals surface area contributed by atoms with E-state index in [0.29, 0.717) is 11.3 Å². The Labute approximate surface area is 87.0 Å². The van der Waals surface area contributed by atoms with Gasteiger partial charge in [0.05, 0.1) is 5.51 Å². The van der Waals surface area contributed by atoms with E-state index in [-0.39, 0.29) is 5.78 Å². The summed E-state index contributed by atoms with van der Waals surface area (Å²) in [6.45, 7) is 0. The number of H-pyrrole nitrogens is 1. The summed E-state index contributed by atoms with van der Waals surface area (Å²) in [4.78, 5) is 18.5. The first-order valence-corrected chi connectivity index (χ1v) is 5.23. The van der Waals surface area contributed by atoms with Gasteiger partial charge in [0.25, 0.3) is 0 Å². The number of nitrogens with zero attached hydrogens (tertiary/aromatic N) is 1. The van der Waals surface area contributed by atoms with E-state index >= 15 is 0 Å². The fourth-order valence-corrected chi connectivity index (χ4v) is 2.02. The maximum atomic E-state index is 11.7. The molecular weight excluding hydrogens is 252 g/mol. The van der Waals surface area contributed by atoms with Crippen LogP contribution in [0.5, 0.6) is 0 Å². The van der Waals surface area contributed by atoms with Crippen molar-refractivity contribution in [2.24, 2.45) is 0 Å². The van der Waals surface area contributed by atoms with Gasteiger partial charge in [-0.3, -0.25) is 4.79 Å². The number of nitrogens with one attached hydrogen (secondary N) is 1. The molecule has 13 heavy (non-hydrogen) atoms. The summed E-state index contributed by atoms with van der Waals surface area (Å²) in [7, 11) is 0. The third-order valence-corrected chi connectivity index (χ3v) is 3.15. The maximum Gasteiger partial charge on any atom is 0.214 e. The number of hydrogen-bond donors (Lipinski definition) is 1. The summed E-state index contributed by atoms with van der Waals surface area (Å²) in [5.74, 6) is -0.0608. The minimum Gasteiger partial charge on any atom is -0.367 e. The molecule has 1 N–H and O–H groups in total. The fraction of sp³-hybridized carbons (Fsp3) is 0. The van der Waals surface area contributed by atoms with Gasteiger partial charge >= 0.3 is 0 Å². The summed E-state index contributed by atoms with van der Waals surface area (Å²) in [6.07, 6.45) is 3.38. The molecular formula is C8H5BrN2OS. The number of thiazole rings is 1. The van der Waals surface area contributed by atoms with E-state index in [4.69, 9.17) is 0 Å². The topological polar surface area (TPSA) is 45.8 Å². The highest BCUT2D eigenvalue weighted by atomic mass is 79.9. The molecule has 0 aliphatic heterocycles. The summed E-state index contributed by atoms with van der Waals surface area (Å²) < 4.78 is 0.777. The molecule has 0 bridgehead atoms. The minimum atomic E-state index is -0.0608. The Hall–Kier alpha value is -0.940. The quantitative estimate of drug-likeness (QED) is 0.840. The molecule has 0 amide bonds. The van der Waals surface area contributed by atoms with Crippen molar-refractivity contribution >= 4 is 33.0 Å². The standard InChI is InChI=1S/C8H5BrN2OS/c9-8-6(11-4-13-8)7(12)5-1-2-10-3-5/h1-4,10H. The molecule has 0 saturated carbocycles. The molecule has 0 fully saturated rings. The molecule has 5 heteroatoms. The second-order valence-corrected chi connectivity index (χ2v) is 4.58. The summed E-state index contributed by atoms with van der Waals surface area (Å²) in [5.41, 5.74) is 2.75. The van der Waals surface area contributed by atoms with E-state index in [1.165, 1.54) is 11.3 Å². The van der Waals surface area contributed by atoms with Crippen molar-refractivity contribution in [3.05, 3.63) is 39.0 Å². The minimum absolute atomic E-state index is 0.0608. The Bertz CT molecular complexity index is 421. The first kappa shape index (κ1) is 8.65. The summed E-state index contributed by atoms with van der Waals surface area (Å²) in [6, 6.07) is 1.73. The molecule has 2 aromatic rings. The van der Waals surface area contributed by atoms with Crippen molar-refractivity contribution in [2.75, 3.05) is 0 Å². The molecule has 2 aromatic heterocycles. The first-order chi connectivity index (χ1) is 6.29.